The van der Waals surface area contributed by atoms with E-state index in [2.05, 4.69) is 35.3 Å². The SMILES string of the molecule is CCc1ccc(NC(=O)C[NH+]2CCN(c3ccccc3OC)CC2)cc1. The molecule has 26 heavy (non-hydrogen) atoms. The van der Waals surface area contributed by atoms with Crippen LogP contribution in [0.15, 0.2) is 48.5 Å². The Hall–Kier alpha value is -2.53. The van der Waals surface area contributed by atoms with Crippen LogP contribution in [0.25, 0.3) is 0 Å². The first kappa shape index (κ1) is 18.3. The van der Waals surface area contributed by atoms with Crippen LogP contribution in [0.2, 0.25) is 0 Å². The van der Waals surface area contributed by atoms with E-state index in [1.807, 2.05) is 30.3 Å². The Morgan fingerprint density at radius 3 is 2.46 bits per heavy atom. The highest BCUT2D eigenvalue weighted by atomic mass is 16.5. The molecule has 0 spiro atoms. The molecule has 5 nitrogen and oxygen atoms in total. The number of carbonyl (C=O) groups excluding carboxylic acids is 1. The molecule has 0 saturated carbocycles. The summed E-state index contributed by atoms with van der Waals surface area (Å²) in [7, 11) is 1.71. The second-order valence-corrected chi connectivity index (χ2v) is 6.68. The minimum Gasteiger partial charge on any atom is -0.495 e. The molecule has 0 unspecified atom stereocenters. The second-order valence-electron chi connectivity index (χ2n) is 6.68. The van der Waals surface area contributed by atoms with Crippen molar-refractivity contribution >= 4 is 17.3 Å². The van der Waals surface area contributed by atoms with Gasteiger partial charge in [-0.05, 0) is 36.2 Å². The third kappa shape index (κ3) is 4.55. The summed E-state index contributed by atoms with van der Waals surface area (Å²) >= 11 is 0. The molecular formula is C21H28N3O2+. The van der Waals surface area contributed by atoms with E-state index in [0.717, 1.165) is 49.7 Å². The zero-order valence-corrected chi connectivity index (χ0v) is 15.6. The summed E-state index contributed by atoms with van der Waals surface area (Å²) in [6, 6.07) is 16.2. The molecule has 2 aromatic carbocycles. The van der Waals surface area contributed by atoms with Crippen molar-refractivity contribution in [2.24, 2.45) is 0 Å². The highest BCUT2D eigenvalue weighted by molar-refractivity contribution is 5.91. The molecule has 0 radical (unpaired) electrons. The van der Waals surface area contributed by atoms with Crippen molar-refractivity contribution in [3.8, 4) is 5.75 Å². The van der Waals surface area contributed by atoms with E-state index in [1.165, 1.54) is 10.5 Å². The average Bonchev–Trinajstić information content (AvgIpc) is 2.69. The van der Waals surface area contributed by atoms with Crippen LogP contribution in [-0.2, 0) is 11.2 Å². The molecule has 5 heteroatoms. The summed E-state index contributed by atoms with van der Waals surface area (Å²) in [5.41, 5.74) is 3.29. The molecule has 1 amide bonds. The number of nitrogens with one attached hydrogen (secondary N) is 2. The normalized spacial score (nSPS) is 14.9. The van der Waals surface area contributed by atoms with Gasteiger partial charge in [0.25, 0.3) is 5.91 Å². The van der Waals surface area contributed by atoms with Gasteiger partial charge in [-0.2, -0.15) is 0 Å². The predicted octanol–water partition coefficient (Wildman–Crippen LogP) is 1.60. The number of anilines is 2. The topological polar surface area (TPSA) is 46.0 Å². The molecule has 0 atom stereocenters. The lowest BCUT2D eigenvalue weighted by Crippen LogP contribution is -3.15. The third-order valence-corrected chi connectivity index (χ3v) is 4.95. The molecule has 1 fully saturated rings. The number of nitrogens with zero attached hydrogens (tertiary/aromatic N) is 1. The summed E-state index contributed by atoms with van der Waals surface area (Å²) in [5, 5.41) is 3.01. The number of quaternary nitrogens is 1. The molecule has 0 bridgehead atoms. The number of amides is 1. The van der Waals surface area contributed by atoms with Gasteiger partial charge in [0.1, 0.15) is 5.75 Å². The van der Waals surface area contributed by atoms with E-state index in [4.69, 9.17) is 4.74 Å². The number of carbonyl (C=O) groups is 1. The van der Waals surface area contributed by atoms with Crippen molar-refractivity contribution in [2.45, 2.75) is 13.3 Å². The maximum absolute atomic E-state index is 12.3. The molecule has 1 heterocycles. The Morgan fingerprint density at radius 1 is 1.12 bits per heavy atom. The Morgan fingerprint density at radius 2 is 1.81 bits per heavy atom. The van der Waals surface area contributed by atoms with Crippen LogP contribution in [-0.4, -0.2) is 45.7 Å². The molecule has 2 aromatic rings. The molecule has 1 aliphatic heterocycles. The summed E-state index contributed by atoms with van der Waals surface area (Å²) < 4.78 is 5.46. The number of benzene rings is 2. The highest BCUT2D eigenvalue weighted by Crippen LogP contribution is 2.27. The predicted molar refractivity (Wildman–Crippen MR) is 105 cm³/mol. The molecule has 0 aliphatic carbocycles. The fourth-order valence-corrected chi connectivity index (χ4v) is 3.39. The van der Waals surface area contributed by atoms with Gasteiger partial charge in [-0.3, -0.25) is 4.79 Å². The standard InChI is InChI=1S/C21H27N3O2/c1-3-17-8-10-18(11-9-17)22-21(25)16-23-12-14-24(15-13-23)19-6-4-5-7-20(19)26-2/h4-11H,3,12-16H2,1-2H3,(H,22,25)/p+1. The lowest BCUT2D eigenvalue weighted by molar-refractivity contribution is -0.892. The number of methoxy groups -OCH3 is 1. The number of rotatable bonds is 6. The van der Waals surface area contributed by atoms with Crippen LogP contribution < -0.4 is 19.9 Å². The van der Waals surface area contributed by atoms with Crippen molar-refractivity contribution < 1.29 is 14.4 Å². The van der Waals surface area contributed by atoms with E-state index in [-0.39, 0.29) is 5.91 Å². The van der Waals surface area contributed by atoms with Crippen molar-refractivity contribution in [3.63, 3.8) is 0 Å². The number of piperazine rings is 1. The zero-order valence-electron chi connectivity index (χ0n) is 15.6. The lowest BCUT2D eigenvalue weighted by Gasteiger charge is -2.34. The van der Waals surface area contributed by atoms with Gasteiger partial charge in [-0.25, -0.2) is 0 Å². The first-order chi connectivity index (χ1) is 12.7. The average molecular weight is 354 g/mol. The molecule has 0 aromatic heterocycles. The van der Waals surface area contributed by atoms with Gasteiger partial charge in [-0.15, -0.1) is 0 Å². The van der Waals surface area contributed by atoms with Crippen molar-refractivity contribution in [2.75, 3.05) is 50.1 Å². The van der Waals surface area contributed by atoms with Gasteiger partial charge in [0.05, 0.1) is 39.0 Å². The maximum atomic E-state index is 12.3. The van der Waals surface area contributed by atoms with E-state index < -0.39 is 0 Å². The lowest BCUT2D eigenvalue weighted by atomic mass is 10.1. The van der Waals surface area contributed by atoms with E-state index in [0.29, 0.717) is 6.54 Å². The van der Waals surface area contributed by atoms with Gasteiger partial charge in [0.15, 0.2) is 6.54 Å². The minimum absolute atomic E-state index is 0.0787. The number of ether oxygens (including phenoxy) is 1. The third-order valence-electron chi connectivity index (χ3n) is 4.95. The number of hydrogen-bond donors (Lipinski definition) is 2. The first-order valence-corrected chi connectivity index (χ1v) is 9.30. The van der Waals surface area contributed by atoms with E-state index in [1.54, 1.807) is 7.11 Å². The Bertz CT molecular complexity index is 722. The van der Waals surface area contributed by atoms with Crippen LogP contribution in [0.5, 0.6) is 5.75 Å². The van der Waals surface area contributed by atoms with E-state index >= 15 is 0 Å². The molecule has 138 valence electrons. The monoisotopic (exact) mass is 354 g/mol. The Balaban J connectivity index is 1.49. The van der Waals surface area contributed by atoms with Gasteiger partial charge in [0.2, 0.25) is 0 Å². The fraction of sp³-hybridized carbons (Fsp3) is 0.381. The molecule has 2 N–H and O–H groups in total. The van der Waals surface area contributed by atoms with Gasteiger partial charge >= 0.3 is 0 Å². The molecule has 1 aliphatic rings. The smallest absolute Gasteiger partial charge is 0.279 e. The first-order valence-electron chi connectivity index (χ1n) is 9.30. The quantitative estimate of drug-likeness (QED) is 0.828. The fourth-order valence-electron chi connectivity index (χ4n) is 3.39. The number of hydrogen-bond acceptors (Lipinski definition) is 3. The summed E-state index contributed by atoms with van der Waals surface area (Å²) in [5.74, 6) is 0.985. The maximum Gasteiger partial charge on any atom is 0.279 e. The molecular weight excluding hydrogens is 326 g/mol. The second kappa shape index (κ2) is 8.72. The van der Waals surface area contributed by atoms with Crippen LogP contribution in [0, 0.1) is 0 Å². The number of para-hydroxylation sites is 2. The van der Waals surface area contributed by atoms with Gasteiger partial charge in [0, 0.05) is 5.69 Å². The van der Waals surface area contributed by atoms with Gasteiger partial charge in [-0.1, -0.05) is 31.2 Å². The van der Waals surface area contributed by atoms with Crippen molar-refractivity contribution in [3.05, 3.63) is 54.1 Å². The molecule has 1 saturated heterocycles. The summed E-state index contributed by atoms with van der Waals surface area (Å²) in [4.78, 5) is 16.0. The summed E-state index contributed by atoms with van der Waals surface area (Å²) in [6.07, 6.45) is 1.01. The van der Waals surface area contributed by atoms with Crippen molar-refractivity contribution in [1.82, 2.24) is 0 Å². The Kier molecular flexibility index (Phi) is 6.12. The van der Waals surface area contributed by atoms with Crippen LogP contribution in [0.4, 0.5) is 11.4 Å². The summed E-state index contributed by atoms with van der Waals surface area (Å²) in [6.45, 7) is 6.37. The van der Waals surface area contributed by atoms with Crippen LogP contribution in [0.1, 0.15) is 12.5 Å². The minimum atomic E-state index is 0.0787. The van der Waals surface area contributed by atoms with E-state index in [9.17, 15) is 4.79 Å². The van der Waals surface area contributed by atoms with Gasteiger partial charge < -0.3 is 19.9 Å². The van der Waals surface area contributed by atoms with Crippen LogP contribution >= 0.6 is 0 Å². The molecule has 3 rings (SSSR count). The largest absolute Gasteiger partial charge is 0.495 e. The van der Waals surface area contributed by atoms with Crippen LogP contribution in [0.3, 0.4) is 0 Å². The van der Waals surface area contributed by atoms with Crippen molar-refractivity contribution in [1.29, 1.82) is 0 Å². The highest BCUT2D eigenvalue weighted by Gasteiger charge is 2.23. The number of aryl methyl sites for hydroxylation is 1. The Labute approximate surface area is 155 Å². The zero-order chi connectivity index (χ0) is 18.4.